The van der Waals surface area contributed by atoms with E-state index in [1.807, 2.05) is 0 Å². The van der Waals surface area contributed by atoms with Crippen LogP contribution in [0.25, 0.3) is 49.9 Å². The zero-order valence-electron chi connectivity index (χ0n) is 29.0. The molecule has 10 rings (SSSR count). The van der Waals surface area contributed by atoms with Crippen LogP contribution in [0.4, 0.5) is 39.8 Å². The number of anilines is 7. The number of para-hydroxylation sites is 3. The summed E-state index contributed by atoms with van der Waals surface area (Å²) in [5.74, 6) is 0. The van der Waals surface area contributed by atoms with Crippen LogP contribution in [0.3, 0.4) is 0 Å². The Balaban J connectivity index is 1.32. The molecule has 0 unspecified atom stereocenters. The first-order chi connectivity index (χ1) is 26.3. The lowest BCUT2D eigenvalue weighted by Gasteiger charge is -2.31. The summed E-state index contributed by atoms with van der Waals surface area (Å²) >= 11 is 0. The number of furan rings is 1. The van der Waals surface area contributed by atoms with Crippen molar-refractivity contribution in [3.63, 3.8) is 0 Å². The number of benzene rings is 8. The molecule has 0 atom stereocenters. The zero-order valence-corrected chi connectivity index (χ0v) is 29.0. The average molecular weight is 682 g/mol. The fraction of sp³-hybridized carbons (Fsp3) is 0.0204. The van der Waals surface area contributed by atoms with Gasteiger partial charge in [0.1, 0.15) is 5.58 Å². The van der Waals surface area contributed by atoms with E-state index in [-0.39, 0.29) is 0 Å². The highest BCUT2D eigenvalue weighted by Gasteiger charge is 2.26. The third-order valence-electron chi connectivity index (χ3n) is 10.2. The van der Waals surface area contributed by atoms with Crippen molar-refractivity contribution in [2.24, 2.45) is 0 Å². The van der Waals surface area contributed by atoms with Crippen molar-refractivity contribution in [2.75, 3.05) is 21.7 Å². The van der Waals surface area contributed by atoms with Gasteiger partial charge in [0.15, 0.2) is 5.58 Å². The standard InChI is InChI=1S/C49H35N3O/c1-4-16-35(17-5-1)42-24-12-13-25-44(42)52(39-22-8-3-9-23-39)45-33-41(32-43-47-46(53-49(43)45)29-27-36-19-14-30-50-48(36)47)51(38-20-6-2-7-21-38)40-28-26-34-15-10-11-18-37(34)31-40/h1-29,31-33,50H,30H2. The summed E-state index contributed by atoms with van der Waals surface area (Å²) in [5.41, 5.74) is 12.4. The van der Waals surface area contributed by atoms with Gasteiger partial charge in [0.25, 0.3) is 0 Å². The molecule has 0 fully saturated rings. The maximum atomic E-state index is 7.00. The number of rotatable bonds is 7. The molecule has 1 N–H and O–H groups in total. The first-order valence-corrected chi connectivity index (χ1v) is 18.1. The second-order valence-corrected chi connectivity index (χ2v) is 13.4. The highest BCUT2D eigenvalue weighted by atomic mass is 16.3. The van der Waals surface area contributed by atoms with E-state index in [0.29, 0.717) is 0 Å². The summed E-state index contributed by atoms with van der Waals surface area (Å²) in [6, 6.07) is 64.7. The first kappa shape index (κ1) is 30.8. The minimum atomic E-state index is 0.763. The van der Waals surface area contributed by atoms with E-state index in [1.54, 1.807) is 0 Å². The normalized spacial score (nSPS) is 12.2. The molecule has 0 spiro atoms. The average Bonchev–Trinajstić information content (AvgIpc) is 3.62. The van der Waals surface area contributed by atoms with E-state index in [9.17, 15) is 0 Å². The van der Waals surface area contributed by atoms with E-state index >= 15 is 0 Å². The van der Waals surface area contributed by atoms with Gasteiger partial charge in [-0.3, -0.25) is 0 Å². The van der Waals surface area contributed by atoms with Gasteiger partial charge in [0.05, 0.1) is 22.4 Å². The van der Waals surface area contributed by atoms with Crippen molar-refractivity contribution >= 4 is 78.6 Å². The largest absolute Gasteiger partial charge is 0.454 e. The molecule has 2 heterocycles. The first-order valence-electron chi connectivity index (χ1n) is 18.1. The summed E-state index contributed by atoms with van der Waals surface area (Å²) in [7, 11) is 0. The van der Waals surface area contributed by atoms with Crippen molar-refractivity contribution in [1.29, 1.82) is 0 Å². The van der Waals surface area contributed by atoms with Gasteiger partial charge in [-0.25, -0.2) is 0 Å². The van der Waals surface area contributed by atoms with Crippen molar-refractivity contribution in [1.82, 2.24) is 0 Å². The predicted octanol–water partition coefficient (Wildman–Crippen LogP) is 13.8. The van der Waals surface area contributed by atoms with Crippen LogP contribution in [0.1, 0.15) is 5.56 Å². The Kier molecular flexibility index (Phi) is 7.51. The maximum Gasteiger partial charge on any atom is 0.159 e. The van der Waals surface area contributed by atoms with Crippen LogP contribution in [0.2, 0.25) is 0 Å². The lowest BCUT2D eigenvalue weighted by atomic mass is 10.00. The second kappa shape index (κ2) is 12.9. The molecule has 1 aromatic heterocycles. The Hall–Kier alpha value is -7.04. The van der Waals surface area contributed by atoms with Crippen LogP contribution < -0.4 is 15.1 Å². The van der Waals surface area contributed by atoms with Gasteiger partial charge in [-0.15, -0.1) is 0 Å². The van der Waals surface area contributed by atoms with Crippen molar-refractivity contribution in [2.45, 2.75) is 0 Å². The van der Waals surface area contributed by atoms with Gasteiger partial charge in [0, 0.05) is 40.2 Å². The van der Waals surface area contributed by atoms with Gasteiger partial charge in [-0.2, -0.15) is 0 Å². The summed E-state index contributed by atoms with van der Waals surface area (Å²) in [4.78, 5) is 4.73. The predicted molar refractivity (Wildman–Crippen MR) is 224 cm³/mol. The minimum absolute atomic E-state index is 0.763. The Morgan fingerprint density at radius 1 is 0.491 bits per heavy atom. The van der Waals surface area contributed by atoms with E-state index in [2.05, 4.69) is 209 Å². The zero-order chi connectivity index (χ0) is 35.1. The Bertz CT molecular complexity index is 2790. The molecule has 252 valence electrons. The molecular weight excluding hydrogens is 647 g/mol. The topological polar surface area (TPSA) is 31.7 Å². The lowest BCUT2D eigenvalue weighted by molar-refractivity contribution is 0.669. The van der Waals surface area contributed by atoms with E-state index in [0.717, 1.165) is 85.0 Å². The molecular formula is C49H35N3O. The molecule has 0 amide bonds. The van der Waals surface area contributed by atoms with E-state index in [1.165, 1.54) is 10.8 Å². The Morgan fingerprint density at radius 2 is 1.17 bits per heavy atom. The SMILES string of the molecule is C1=Cc2ccc3oc4c(N(c5ccccc5)c5ccccc5-c5ccccc5)cc(N(c5ccccc5)c5ccc6ccccc6c5)cc4c3c2NC1. The highest BCUT2D eigenvalue weighted by molar-refractivity contribution is 6.18. The lowest BCUT2D eigenvalue weighted by Crippen LogP contribution is -2.14. The molecule has 1 aliphatic heterocycles. The Labute approximate surface area is 308 Å². The fourth-order valence-electron chi connectivity index (χ4n) is 7.78. The molecule has 0 radical (unpaired) electrons. The fourth-order valence-corrected chi connectivity index (χ4v) is 7.78. The second-order valence-electron chi connectivity index (χ2n) is 13.4. The van der Waals surface area contributed by atoms with Crippen LogP contribution >= 0.6 is 0 Å². The molecule has 0 saturated heterocycles. The molecule has 4 heteroatoms. The third kappa shape index (κ3) is 5.40. The minimum Gasteiger partial charge on any atom is -0.454 e. The van der Waals surface area contributed by atoms with Crippen LogP contribution in [0.5, 0.6) is 0 Å². The van der Waals surface area contributed by atoms with Gasteiger partial charge >= 0.3 is 0 Å². The van der Waals surface area contributed by atoms with Gasteiger partial charge in [0.2, 0.25) is 0 Å². The number of hydrogen-bond acceptors (Lipinski definition) is 4. The number of fused-ring (bicyclic) bond motifs is 6. The summed E-state index contributed by atoms with van der Waals surface area (Å²) < 4.78 is 7.00. The quantitative estimate of drug-likeness (QED) is 0.181. The van der Waals surface area contributed by atoms with E-state index < -0.39 is 0 Å². The van der Waals surface area contributed by atoms with Crippen LogP contribution in [0.15, 0.2) is 192 Å². The summed E-state index contributed by atoms with van der Waals surface area (Å²) in [6.45, 7) is 0.763. The molecule has 9 aromatic rings. The number of nitrogens with zero attached hydrogens (tertiary/aromatic N) is 2. The molecule has 8 aromatic carbocycles. The van der Waals surface area contributed by atoms with Gasteiger partial charge in [-0.1, -0.05) is 127 Å². The smallest absolute Gasteiger partial charge is 0.159 e. The highest BCUT2D eigenvalue weighted by Crippen LogP contribution is 2.50. The van der Waals surface area contributed by atoms with Crippen molar-refractivity contribution in [3.8, 4) is 11.1 Å². The van der Waals surface area contributed by atoms with Gasteiger partial charge < -0.3 is 19.5 Å². The third-order valence-corrected chi connectivity index (χ3v) is 10.2. The van der Waals surface area contributed by atoms with Crippen molar-refractivity contribution in [3.05, 3.63) is 194 Å². The Morgan fingerprint density at radius 3 is 1.96 bits per heavy atom. The number of nitrogens with one attached hydrogen (secondary N) is 1. The molecule has 0 bridgehead atoms. The van der Waals surface area contributed by atoms with Gasteiger partial charge in [-0.05, 0) is 88.6 Å². The van der Waals surface area contributed by atoms with E-state index in [4.69, 9.17) is 4.42 Å². The molecule has 0 aliphatic carbocycles. The molecule has 0 saturated carbocycles. The summed E-state index contributed by atoms with van der Waals surface area (Å²) in [5, 5.41) is 8.21. The number of hydrogen-bond donors (Lipinski definition) is 1. The van der Waals surface area contributed by atoms with Crippen molar-refractivity contribution < 1.29 is 4.42 Å². The monoisotopic (exact) mass is 681 g/mol. The molecule has 53 heavy (non-hydrogen) atoms. The van der Waals surface area contributed by atoms with Crippen LogP contribution in [-0.4, -0.2) is 6.54 Å². The summed E-state index contributed by atoms with van der Waals surface area (Å²) in [6.07, 6.45) is 4.37. The molecule has 4 nitrogen and oxygen atoms in total. The van der Waals surface area contributed by atoms with Crippen LogP contribution in [-0.2, 0) is 0 Å². The maximum absolute atomic E-state index is 7.00. The molecule has 1 aliphatic rings. The van der Waals surface area contributed by atoms with Crippen LogP contribution in [0, 0.1) is 0 Å².